The Morgan fingerprint density at radius 3 is 2.85 bits per heavy atom. The minimum Gasteiger partial charge on any atom is -0.361 e. The lowest BCUT2D eigenvalue weighted by molar-refractivity contribution is -0.120. The molecule has 0 spiro atoms. The van der Waals surface area contributed by atoms with Gasteiger partial charge in [-0.15, -0.1) is 0 Å². The predicted molar refractivity (Wildman–Crippen MR) is 107 cm³/mol. The molecule has 1 amide bonds. The van der Waals surface area contributed by atoms with Crippen LogP contribution in [0.4, 0.5) is 0 Å². The summed E-state index contributed by atoms with van der Waals surface area (Å²) in [7, 11) is 0. The molecule has 0 aliphatic carbocycles. The van der Waals surface area contributed by atoms with Crippen LogP contribution < -0.4 is 5.32 Å². The Kier molecular flexibility index (Phi) is 4.43. The van der Waals surface area contributed by atoms with Gasteiger partial charge in [0.05, 0.1) is 6.42 Å². The van der Waals surface area contributed by atoms with Gasteiger partial charge in [-0.3, -0.25) is 4.79 Å². The molecule has 4 rings (SSSR count). The summed E-state index contributed by atoms with van der Waals surface area (Å²) in [6.45, 7) is 2.60. The van der Waals surface area contributed by atoms with Crippen LogP contribution in [0.2, 0.25) is 5.02 Å². The number of H-pyrrole nitrogens is 2. The van der Waals surface area contributed by atoms with Crippen LogP contribution in [0.3, 0.4) is 0 Å². The van der Waals surface area contributed by atoms with Gasteiger partial charge in [-0.25, -0.2) is 0 Å². The fourth-order valence-electron chi connectivity index (χ4n) is 3.48. The second-order valence-corrected chi connectivity index (χ2v) is 6.99. The maximum Gasteiger partial charge on any atom is 0.224 e. The molecule has 132 valence electrons. The molecule has 0 aliphatic rings. The van der Waals surface area contributed by atoms with Crippen LogP contribution in [0.25, 0.3) is 21.8 Å². The van der Waals surface area contributed by atoms with E-state index in [1.54, 1.807) is 0 Å². The number of halogens is 1. The van der Waals surface area contributed by atoms with Crippen LogP contribution in [-0.4, -0.2) is 22.4 Å². The second-order valence-electron chi connectivity index (χ2n) is 6.55. The zero-order chi connectivity index (χ0) is 18.1. The Morgan fingerprint density at radius 2 is 1.96 bits per heavy atom. The van der Waals surface area contributed by atoms with Gasteiger partial charge in [-0.1, -0.05) is 29.8 Å². The highest BCUT2D eigenvalue weighted by molar-refractivity contribution is 6.31. The minimum atomic E-state index is 0.0221. The molecule has 2 aromatic heterocycles. The van der Waals surface area contributed by atoms with Crippen LogP contribution in [0.15, 0.2) is 48.7 Å². The summed E-state index contributed by atoms with van der Waals surface area (Å²) in [5.41, 5.74) is 5.37. The summed E-state index contributed by atoms with van der Waals surface area (Å²) in [6.07, 6.45) is 3.16. The number of benzene rings is 2. The number of carbonyl (C=O) groups excluding carboxylic acids is 1. The van der Waals surface area contributed by atoms with Gasteiger partial charge in [0.15, 0.2) is 0 Å². The maximum absolute atomic E-state index is 12.4. The van der Waals surface area contributed by atoms with Gasteiger partial charge in [0, 0.05) is 45.3 Å². The average molecular weight is 366 g/mol. The lowest BCUT2D eigenvalue weighted by atomic mass is 10.1. The molecule has 0 saturated carbocycles. The largest absolute Gasteiger partial charge is 0.361 e. The van der Waals surface area contributed by atoms with Crippen LogP contribution in [0, 0.1) is 6.92 Å². The summed E-state index contributed by atoms with van der Waals surface area (Å²) in [4.78, 5) is 19.0. The molecule has 2 heterocycles. The number of para-hydroxylation sites is 1. The topological polar surface area (TPSA) is 60.7 Å². The molecule has 0 aliphatic heterocycles. The monoisotopic (exact) mass is 365 g/mol. The van der Waals surface area contributed by atoms with E-state index >= 15 is 0 Å². The first-order valence-electron chi connectivity index (χ1n) is 8.70. The summed E-state index contributed by atoms with van der Waals surface area (Å²) >= 11 is 6.11. The first kappa shape index (κ1) is 16.7. The van der Waals surface area contributed by atoms with Crippen molar-refractivity contribution in [3.05, 3.63) is 70.5 Å². The van der Waals surface area contributed by atoms with E-state index in [9.17, 15) is 4.79 Å². The van der Waals surface area contributed by atoms with Crippen LogP contribution in [0.1, 0.15) is 16.8 Å². The molecule has 26 heavy (non-hydrogen) atoms. The van der Waals surface area contributed by atoms with Crippen molar-refractivity contribution in [3.63, 3.8) is 0 Å². The van der Waals surface area contributed by atoms with E-state index in [1.165, 1.54) is 10.9 Å². The number of fused-ring (bicyclic) bond motifs is 2. The van der Waals surface area contributed by atoms with E-state index in [2.05, 4.69) is 27.4 Å². The normalized spacial score (nSPS) is 11.3. The number of aryl methyl sites for hydroxylation is 1. The van der Waals surface area contributed by atoms with Gasteiger partial charge < -0.3 is 15.3 Å². The summed E-state index contributed by atoms with van der Waals surface area (Å²) in [6, 6.07) is 13.9. The standard InChI is InChI=1S/C21H20ClN3O/c1-13-17(18-10-15(22)6-7-20(18)25-13)11-21(26)23-9-8-14-12-24-19-5-3-2-4-16(14)19/h2-7,10,12,24-25H,8-9,11H2,1H3,(H,23,26). The van der Waals surface area contributed by atoms with E-state index in [0.717, 1.165) is 34.1 Å². The Balaban J connectivity index is 1.42. The van der Waals surface area contributed by atoms with E-state index in [-0.39, 0.29) is 5.91 Å². The molecule has 0 fully saturated rings. The van der Waals surface area contributed by atoms with Gasteiger partial charge in [-0.2, -0.15) is 0 Å². The molecular formula is C21H20ClN3O. The van der Waals surface area contributed by atoms with Gasteiger partial charge in [-0.05, 0) is 48.7 Å². The molecule has 0 bridgehead atoms. The zero-order valence-corrected chi connectivity index (χ0v) is 15.3. The first-order chi connectivity index (χ1) is 12.6. The Labute approximate surface area is 156 Å². The van der Waals surface area contributed by atoms with E-state index in [1.807, 2.05) is 43.5 Å². The van der Waals surface area contributed by atoms with Crippen LogP contribution >= 0.6 is 11.6 Å². The molecule has 0 unspecified atom stereocenters. The zero-order valence-electron chi connectivity index (χ0n) is 14.5. The number of carbonyl (C=O) groups is 1. The molecule has 0 atom stereocenters. The predicted octanol–water partition coefficient (Wildman–Crippen LogP) is 4.51. The van der Waals surface area contributed by atoms with Crippen molar-refractivity contribution >= 4 is 39.3 Å². The molecule has 3 N–H and O–H groups in total. The number of rotatable bonds is 5. The van der Waals surface area contributed by atoms with E-state index in [0.29, 0.717) is 18.0 Å². The van der Waals surface area contributed by atoms with Gasteiger partial charge in [0.1, 0.15) is 0 Å². The molecule has 4 aromatic rings. The third-order valence-corrected chi connectivity index (χ3v) is 5.05. The van der Waals surface area contributed by atoms with Crippen molar-refractivity contribution in [3.8, 4) is 0 Å². The smallest absolute Gasteiger partial charge is 0.224 e. The van der Waals surface area contributed by atoms with Gasteiger partial charge >= 0.3 is 0 Å². The molecular weight excluding hydrogens is 346 g/mol. The van der Waals surface area contributed by atoms with Crippen molar-refractivity contribution < 1.29 is 4.79 Å². The average Bonchev–Trinajstić information content (AvgIpc) is 3.17. The Morgan fingerprint density at radius 1 is 1.12 bits per heavy atom. The minimum absolute atomic E-state index is 0.0221. The van der Waals surface area contributed by atoms with E-state index in [4.69, 9.17) is 11.6 Å². The lowest BCUT2D eigenvalue weighted by Gasteiger charge is -2.06. The molecule has 0 radical (unpaired) electrons. The van der Waals surface area contributed by atoms with Crippen molar-refractivity contribution in [1.29, 1.82) is 0 Å². The quantitative estimate of drug-likeness (QED) is 0.478. The second kappa shape index (κ2) is 6.89. The van der Waals surface area contributed by atoms with Crippen LogP contribution in [0.5, 0.6) is 0 Å². The molecule has 0 saturated heterocycles. The fraction of sp³-hybridized carbons (Fsp3) is 0.190. The summed E-state index contributed by atoms with van der Waals surface area (Å²) < 4.78 is 0. The number of hydrogen-bond donors (Lipinski definition) is 3. The van der Waals surface area contributed by atoms with Crippen molar-refractivity contribution in [2.24, 2.45) is 0 Å². The number of aromatic nitrogens is 2. The fourth-order valence-corrected chi connectivity index (χ4v) is 3.65. The molecule has 2 aromatic carbocycles. The van der Waals surface area contributed by atoms with Gasteiger partial charge in [0.25, 0.3) is 0 Å². The Hall–Kier alpha value is -2.72. The number of amides is 1. The van der Waals surface area contributed by atoms with Crippen molar-refractivity contribution in [2.45, 2.75) is 19.8 Å². The third-order valence-electron chi connectivity index (χ3n) is 4.81. The first-order valence-corrected chi connectivity index (χ1v) is 9.08. The highest BCUT2D eigenvalue weighted by Gasteiger charge is 2.13. The highest BCUT2D eigenvalue weighted by atomic mass is 35.5. The maximum atomic E-state index is 12.4. The lowest BCUT2D eigenvalue weighted by Crippen LogP contribution is -2.27. The summed E-state index contributed by atoms with van der Waals surface area (Å²) in [5.74, 6) is 0.0221. The summed E-state index contributed by atoms with van der Waals surface area (Å²) in [5, 5.41) is 5.94. The number of nitrogens with one attached hydrogen (secondary N) is 3. The van der Waals surface area contributed by atoms with Crippen LogP contribution in [-0.2, 0) is 17.6 Å². The SMILES string of the molecule is Cc1[nH]c2ccc(Cl)cc2c1CC(=O)NCCc1c[nH]c2ccccc12. The molecule has 4 nitrogen and oxygen atoms in total. The highest BCUT2D eigenvalue weighted by Crippen LogP contribution is 2.25. The Bertz CT molecular complexity index is 1090. The molecule has 5 heteroatoms. The number of hydrogen-bond acceptors (Lipinski definition) is 1. The van der Waals surface area contributed by atoms with Gasteiger partial charge in [0.2, 0.25) is 5.91 Å². The third kappa shape index (κ3) is 3.20. The van der Waals surface area contributed by atoms with E-state index < -0.39 is 0 Å². The van der Waals surface area contributed by atoms with Crippen molar-refractivity contribution in [1.82, 2.24) is 15.3 Å². The van der Waals surface area contributed by atoms with Crippen molar-refractivity contribution in [2.75, 3.05) is 6.54 Å². The number of aromatic amines is 2.